The third kappa shape index (κ3) is 5.09. The lowest BCUT2D eigenvalue weighted by atomic mass is 9.84. The van der Waals surface area contributed by atoms with Crippen LogP contribution in [0.4, 0.5) is 4.39 Å². The molecule has 1 heterocycles. The fourth-order valence-corrected chi connectivity index (χ4v) is 6.64. The van der Waals surface area contributed by atoms with Gasteiger partial charge in [-0.05, 0) is 90.6 Å². The predicted molar refractivity (Wildman–Crippen MR) is 159 cm³/mol. The Morgan fingerprint density at radius 2 is 1.45 bits per heavy atom. The van der Waals surface area contributed by atoms with Crippen molar-refractivity contribution in [3.05, 3.63) is 141 Å². The fourth-order valence-electron chi connectivity index (χ4n) is 6.64. The number of fused-ring (bicyclic) bond motifs is 2. The van der Waals surface area contributed by atoms with Crippen LogP contribution < -0.4 is 0 Å². The monoisotopic (exact) mass is 532 g/mol. The lowest BCUT2D eigenvalue weighted by Gasteiger charge is -2.40. The molecule has 2 aliphatic rings. The Labute approximate surface area is 237 Å². The van der Waals surface area contributed by atoms with E-state index >= 15 is 0 Å². The van der Waals surface area contributed by atoms with E-state index in [1.54, 1.807) is 12.1 Å². The maximum atomic E-state index is 14.8. The highest BCUT2D eigenvalue weighted by atomic mass is 19.1. The third-order valence-corrected chi connectivity index (χ3v) is 8.99. The van der Waals surface area contributed by atoms with E-state index in [0.29, 0.717) is 12.1 Å². The van der Waals surface area contributed by atoms with Crippen molar-refractivity contribution >= 4 is 5.91 Å². The highest BCUT2D eigenvalue weighted by Gasteiger charge is 2.35. The van der Waals surface area contributed by atoms with E-state index in [4.69, 9.17) is 0 Å². The minimum absolute atomic E-state index is 0.00397. The van der Waals surface area contributed by atoms with Crippen molar-refractivity contribution in [1.82, 2.24) is 9.80 Å². The first-order chi connectivity index (χ1) is 19.4. The Morgan fingerprint density at radius 3 is 2.17 bits per heavy atom. The smallest absolute Gasteiger partial charge is 0.237 e. The Morgan fingerprint density at radius 1 is 0.800 bits per heavy atom. The summed E-state index contributed by atoms with van der Waals surface area (Å²) in [6, 6.07) is 28.5. The van der Waals surface area contributed by atoms with Gasteiger partial charge in [0, 0.05) is 24.7 Å². The zero-order chi connectivity index (χ0) is 27.8. The number of amides is 1. The number of halogens is 1. The van der Waals surface area contributed by atoms with Crippen LogP contribution in [0.1, 0.15) is 56.1 Å². The summed E-state index contributed by atoms with van der Waals surface area (Å²) in [7, 11) is 0. The second-order valence-corrected chi connectivity index (χ2v) is 11.6. The van der Waals surface area contributed by atoms with Crippen LogP contribution in [0.2, 0.25) is 0 Å². The van der Waals surface area contributed by atoms with E-state index in [0.717, 1.165) is 25.8 Å². The maximum Gasteiger partial charge on any atom is 0.237 e. The minimum atomic E-state index is -0.258. The van der Waals surface area contributed by atoms with Gasteiger partial charge in [-0.2, -0.15) is 0 Å². The summed E-state index contributed by atoms with van der Waals surface area (Å²) in [5.74, 6) is -0.196. The second-order valence-electron chi connectivity index (χ2n) is 11.6. The lowest BCUT2D eigenvalue weighted by Crippen LogP contribution is -2.48. The van der Waals surface area contributed by atoms with Crippen LogP contribution in [0.25, 0.3) is 0 Å². The van der Waals surface area contributed by atoms with E-state index in [1.807, 2.05) is 11.0 Å². The van der Waals surface area contributed by atoms with Crippen molar-refractivity contribution < 1.29 is 9.18 Å². The van der Waals surface area contributed by atoms with E-state index in [2.05, 4.69) is 86.3 Å². The first-order valence-corrected chi connectivity index (χ1v) is 14.4. The number of nitrogens with zero attached hydrogens (tertiary/aromatic N) is 2. The van der Waals surface area contributed by atoms with Gasteiger partial charge < -0.3 is 4.90 Å². The Balaban J connectivity index is 1.34. The van der Waals surface area contributed by atoms with Crippen molar-refractivity contribution in [3.8, 4) is 0 Å². The first-order valence-electron chi connectivity index (χ1n) is 14.4. The van der Waals surface area contributed by atoms with Crippen molar-refractivity contribution in [2.24, 2.45) is 0 Å². The Kier molecular flexibility index (Phi) is 7.29. The molecular weight excluding hydrogens is 495 g/mol. The Hall–Kier alpha value is -3.76. The quantitative estimate of drug-likeness (QED) is 0.270. The van der Waals surface area contributed by atoms with Gasteiger partial charge in [0.1, 0.15) is 5.82 Å². The minimum Gasteiger partial charge on any atom is -0.333 e. The maximum absolute atomic E-state index is 14.8. The number of benzene rings is 4. The highest BCUT2D eigenvalue weighted by molar-refractivity contribution is 5.79. The molecule has 0 fully saturated rings. The molecule has 0 saturated carbocycles. The van der Waals surface area contributed by atoms with Gasteiger partial charge in [-0.25, -0.2) is 4.39 Å². The average molecular weight is 533 g/mol. The van der Waals surface area contributed by atoms with E-state index in [1.165, 1.54) is 50.6 Å². The van der Waals surface area contributed by atoms with Crippen molar-refractivity contribution in [1.29, 1.82) is 0 Å². The van der Waals surface area contributed by atoms with E-state index in [9.17, 15) is 9.18 Å². The van der Waals surface area contributed by atoms with Gasteiger partial charge >= 0.3 is 0 Å². The highest BCUT2D eigenvalue weighted by Crippen LogP contribution is 2.38. The number of hydrogen-bond acceptors (Lipinski definition) is 2. The Bertz CT molecular complexity index is 1540. The molecule has 4 aromatic carbocycles. The molecule has 0 bridgehead atoms. The first kappa shape index (κ1) is 26.5. The molecule has 4 aromatic rings. The van der Waals surface area contributed by atoms with Gasteiger partial charge in [-0.3, -0.25) is 9.69 Å². The third-order valence-electron chi connectivity index (χ3n) is 8.99. The number of carbonyl (C=O) groups is 1. The van der Waals surface area contributed by atoms with E-state index < -0.39 is 0 Å². The van der Waals surface area contributed by atoms with Crippen LogP contribution in [0, 0.1) is 26.6 Å². The summed E-state index contributed by atoms with van der Waals surface area (Å²) in [5, 5.41) is 0. The van der Waals surface area contributed by atoms with Crippen molar-refractivity contribution in [2.75, 3.05) is 13.1 Å². The molecule has 0 N–H and O–H groups in total. The molecule has 204 valence electrons. The molecule has 1 amide bonds. The number of hydrogen-bond donors (Lipinski definition) is 0. The molecule has 0 aromatic heterocycles. The molecule has 40 heavy (non-hydrogen) atoms. The summed E-state index contributed by atoms with van der Waals surface area (Å²) in [5.41, 5.74) is 10.9. The summed E-state index contributed by atoms with van der Waals surface area (Å²) in [6.07, 6.45) is 2.52. The zero-order valence-electron chi connectivity index (χ0n) is 23.7. The summed E-state index contributed by atoms with van der Waals surface area (Å²) in [6.45, 7) is 7.88. The van der Waals surface area contributed by atoms with Gasteiger partial charge in [-0.1, -0.05) is 78.9 Å². The van der Waals surface area contributed by atoms with Crippen LogP contribution in [0.15, 0.2) is 84.9 Å². The zero-order valence-corrected chi connectivity index (χ0v) is 23.7. The SMILES string of the molecule is Cc1cc2c(cc1C)[C@@H](c1ccccc1C)N(CC(=O)N(Cc1ccccc1F)C1Cc3ccccc3C1)CC2. The molecule has 0 radical (unpaired) electrons. The summed E-state index contributed by atoms with van der Waals surface area (Å²) < 4.78 is 14.8. The van der Waals surface area contributed by atoms with Crippen molar-refractivity contribution in [3.63, 3.8) is 0 Å². The number of carbonyl (C=O) groups excluding carboxylic acids is 1. The second kappa shape index (κ2) is 11.0. The van der Waals surface area contributed by atoms with Gasteiger partial charge in [0.05, 0.1) is 12.6 Å². The average Bonchev–Trinajstić information content (AvgIpc) is 3.38. The normalized spacial score (nSPS) is 16.9. The van der Waals surface area contributed by atoms with Gasteiger partial charge in [0.15, 0.2) is 0 Å². The van der Waals surface area contributed by atoms with Crippen LogP contribution >= 0.6 is 0 Å². The predicted octanol–water partition coefficient (Wildman–Crippen LogP) is 6.89. The van der Waals surface area contributed by atoms with Crippen LogP contribution in [0.5, 0.6) is 0 Å². The molecule has 1 aliphatic heterocycles. The molecule has 0 spiro atoms. The topological polar surface area (TPSA) is 23.6 Å². The van der Waals surface area contributed by atoms with Crippen LogP contribution in [0.3, 0.4) is 0 Å². The standard InChI is InChI=1S/C36H37FN2O/c1-24-10-4-8-14-32(24)36-33-19-26(3)25(2)18-29(33)16-17-38(36)23-35(40)39(22-30-13-7-9-15-34(30)37)31-20-27-11-5-6-12-28(27)21-31/h4-15,18-19,31,36H,16-17,20-23H2,1-3H3/t36-/m1/s1. The lowest BCUT2D eigenvalue weighted by molar-refractivity contribution is -0.136. The molecule has 6 rings (SSSR count). The van der Waals surface area contributed by atoms with Crippen molar-refractivity contribution in [2.45, 2.75) is 58.7 Å². The molecule has 4 heteroatoms. The molecular formula is C36H37FN2O. The van der Waals surface area contributed by atoms with Gasteiger partial charge in [0.2, 0.25) is 5.91 Å². The number of aryl methyl sites for hydroxylation is 3. The molecule has 1 aliphatic carbocycles. The molecule has 0 saturated heterocycles. The molecule has 3 nitrogen and oxygen atoms in total. The van der Waals surface area contributed by atoms with E-state index in [-0.39, 0.29) is 30.4 Å². The van der Waals surface area contributed by atoms with Gasteiger partial charge in [-0.15, -0.1) is 0 Å². The molecule has 0 unspecified atom stereocenters. The van der Waals surface area contributed by atoms with Crippen LogP contribution in [-0.2, 0) is 30.6 Å². The van der Waals surface area contributed by atoms with Crippen LogP contribution in [-0.4, -0.2) is 34.8 Å². The largest absolute Gasteiger partial charge is 0.333 e. The fraction of sp³-hybridized carbons (Fsp3) is 0.306. The summed E-state index contributed by atoms with van der Waals surface area (Å²) in [4.78, 5) is 18.6. The van der Waals surface area contributed by atoms with Gasteiger partial charge in [0.25, 0.3) is 0 Å². The molecule has 1 atom stereocenters. The summed E-state index contributed by atoms with van der Waals surface area (Å²) >= 11 is 0. The number of rotatable bonds is 6.